The Labute approximate surface area is 198 Å². The lowest BCUT2D eigenvalue weighted by atomic mass is 10.1. The quantitative estimate of drug-likeness (QED) is 0.380. The van der Waals surface area contributed by atoms with Crippen LogP contribution in [0.3, 0.4) is 0 Å². The Morgan fingerprint density at radius 2 is 1.65 bits per heavy atom. The summed E-state index contributed by atoms with van der Waals surface area (Å²) in [6.07, 6.45) is 3.37. The van der Waals surface area contributed by atoms with E-state index in [0.29, 0.717) is 31.4 Å². The minimum Gasteiger partial charge on any atom is -0.355 e. The molecule has 0 aliphatic heterocycles. The maximum Gasteiger partial charge on any atom is 0.221 e. The van der Waals surface area contributed by atoms with Gasteiger partial charge in [0.25, 0.3) is 0 Å². The highest BCUT2D eigenvalue weighted by Gasteiger charge is 2.24. The number of hydrogen-bond donors (Lipinski definition) is 1. The van der Waals surface area contributed by atoms with E-state index in [-0.39, 0.29) is 11.7 Å². The van der Waals surface area contributed by atoms with Crippen molar-refractivity contribution in [2.45, 2.75) is 31.7 Å². The van der Waals surface area contributed by atoms with Crippen LogP contribution in [0, 0.1) is 5.82 Å². The molecule has 0 bridgehead atoms. The van der Waals surface area contributed by atoms with Crippen molar-refractivity contribution >= 4 is 22.6 Å². The molecule has 34 heavy (non-hydrogen) atoms. The monoisotopic (exact) mass is 454 g/mol. The highest BCUT2D eigenvalue weighted by Crippen LogP contribution is 2.28. The van der Waals surface area contributed by atoms with E-state index >= 15 is 0 Å². The van der Waals surface area contributed by atoms with Gasteiger partial charge in [0.15, 0.2) is 5.82 Å². The number of hydrogen-bond acceptors (Lipinski definition) is 4. The second kappa shape index (κ2) is 10.00. The molecule has 0 spiro atoms. The van der Waals surface area contributed by atoms with Crippen LogP contribution in [0.4, 0.5) is 10.2 Å². The second-order valence-electron chi connectivity index (χ2n) is 8.71. The summed E-state index contributed by atoms with van der Waals surface area (Å²) < 4.78 is 13.5. The first-order valence-corrected chi connectivity index (χ1v) is 11.8. The summed E-state index contributed by atoms with van der Waals surface area (Å²) in [7, 11) is 0. The number of halogens is 1. The zero-order chi connectivity index (χ0) is 23.3. The highest BCUT2D eigenvalue weighted by molar-refractivity contribution is 5.91. The lowest BCUT2D eigenvalue weighted by molar-refractivity contribution is -0.121. The number of aromatic nitrogens is 2. The van der Waals surface area contributed by atoms with E-state index in [0.717, 1.165) is 41.5 Å². The number of amides is 1. The molecular weight excluding hydrogens is 427 g/mol. The maximum atomic E-state index is 13.5. The van der Waals surface area contributed by atoms with E-state index in [9.17, 15) is 9.18 Å². The minimum atomic E-state index is -0.295. The largest absolute Gasteiger partial charge is 0.355 e. The van der Waals surface area contributed by atoms with Gasteiger partial charge in [-0.15, -0.1) is 0 Å². The summed E-state index contributed by atoms with van der Waals surface area (Å²) in [6.45, 7) is 1.26. The number of fused-ring (bicyclic) bond motifs is 1. The molecule has 0 atom stereocenters. The number of benzene rings is 3. The summed E-state index contributed by atoms with van der Waals surface area (Å²) in [4.78, 5) is 24.3. The number of carbonyl (C=O) groups is 1. The van der Waals surface area contributed by atoms with E-state index < -0.39 is 0 Å². The van der Waals surface area contributed by atoms with Crippen molar-refractivity contribution < 1.29 is 9.18 Å². The van der Waals surface area contributed by atoms with Crippen LogP contribution in [-0.2, 0) is 11.2 Å². The van der Waals surface area contributed by atoms with E-state index in [1.54, 1.807) is 12.1 Å². The van der Waals surface area contributed by atoms with Gasteiger partial charge in [-0.25, -0.2) is 14.4 Å². The number of para-hydroxylation sites is 1. The normalized spacial score (nSPS) is 13.1. The van der Waals surface area contributed by atoms with Crippen LogP contribution in [0.15, 0.2) is 78.9 Å². The predicted octanol–water partition coefficient (Wildman–Crippen LogP) is 5.15. The number of anilines is 1. The number of nitrogens with zero attached hydrogens (tertiary/aromatic N) is 3. The first kappa shape index (κ1) is 22.0. The Bertz CT molecular complexity index is 1270. The van der Waals surface area contributed by atoms with Gasteiger partial charge in [0, 0.05) is 36.5 Å². The Hall–Kier alpha value is -3.80. The standard InChI is InChI=1S/C28H27FN4O/c29-22-12-10-21(11-13-22)27-31-25-9-5-4-8-24(25)28(32-27)33(18-16-20-6-2-1-3-7-20)19-17-26(34)30-23-14-15-23/h1-13,23H,14-19H2,(H,30,34). The smallest absolute Gasteiger partial charge is 0.221 e. The lowest BCUT2D eigenvalue weighted by Crippen LogP contribution is -2.33. The van der Waals surface area contributed by atoms with E-state index in [1.165, 1.54) is 17.7 Å². The summed E-state index contributed by atoms with van der Waals surface area (Å²) in [6, 6.07) is 24.8. The fourth-order valence-corrected chi connectivity index (χ4v) is 4.03. The Kier molecular flexibility index (Phi) is 6.47. The second-order valence-corrected chi connectivity index (χ2v) is 8.71. The average molecular weight is 455 g/mol. The zero-order valence-electron chi connectivity index (χ0n) is 19.0. The van der Waals surface area contributed by atoms with E-state index in [4.69, 9.17) is 9.97 Å². The molecule has 0 saturated heterocycles. The van der Waals surface area contributed by atoms with Crippen molar-refractivity contribution in [3.8, 4) is 11.4 Å². The Balaban J connectivity index is 1.49. The SMILES string of the molecule is O=C(CCN(CCc1ccccc1)c1nc(-c2ccc(F)cc2)nc2ccccc12)NC1CC1. The van der Waals surface area contributed by atoms with Gasteiger partial charge in [0.2, 0.25) is 5.91 Å². The first-order chi connectivity index (χ1) is 16.7. The summed E-state index contributed by atoms with van der Waals surface area (Å²) in [5.74, 6) is 1.11. The molecule has 3 aromatic carbocycles. The van der Waals surface area contributed by atoms with Crippen LogP contribution in [0.5, 0.6) is 0 Å². The maximum absolute atomic E-state index is 13.5. The fourth-order valence-electron chi connectivity index (χ4n) is 4.03. The van der Waals surface area contributed by atoms with Gasteiger partial charge in [-0.3, -0.25) is 4.79 Å². The van der Waals surface area contributed by atoms with Crippen molar-refractivity contribution in [3.05, 3.63) is 90.2 Å². The molecule has 1 fully saturated rings. The molecule has 172 valence electrons. The van der Waals surface area contributed by atoms with Gasteiger partial charge in [-0.05, 0) is 61.2 Å². The molecule has 5 nitrogen and oxygen atoms in total. The third kappa shape index (κ3) is 5.39. The zero-order valence-corrected chi connectivity index (χ0v) is 19.0. The van der Waals surface area contributed by atoms with Crippen LogP contribution in [0.25, 0.3) is 22.3 Å². The van der Waals surface area contributed by atoms with Crippen LogP contribution >= 0.6 is 0 Å². The molecule has 1 heterocycles. The molecule has 1 aromatic heterocycles. The first-order valence-electron chi connectivity index (χ1n) is 11.8. The van der Waals surface area contributed by atoms with Gasteiger partial charge in [0.05, 0.1) is 5.52 Å². The van der Waals surface area contributed by atoms with Crippen LogP contribution < -0.4 is 10.2 Å². The van der Waals surface area contributed by atoms with Gasteiger partial charge in [-0.1, -0.05) is 42.5 Å². The highest BCUT2D eigenvalue weighted by atomic mass is 19.1. The van der Waals surface area contributed by atoms with Crippen molar-refractivity contribution in [2.24, 2.45) is 0 Å². The molecule has 1 aliphatic carbocycles. The number of nitrogens with one attached hydrogen (secondary N) is 1. The Morgan fingerprint density at radius 1 is 0.912 bits per heavy atom. The summed E-state index contributed by atoms with van der Waals surface area (Å²) in [5.41, 5.74) is 2.80. The Morgan fingerprint density at radius 3 is 2.41 bits per heavy atom. The third-order valence-corrected chi connectivity index (χ3v) is 6.05. The molecule has 5 rings (SSSR count). The minimum absolute atomic E-state index is 0.0735. The summed E-state index contributed by atoms with van der Waals surface area (Å²) >= 11 is 0. The molecule has 1 N–H and O–H groups in total. The van der Waals surface area contributed by atoms with Crippen molar-refractivity contribution in [1.82, 2.24) is 15.3 Å². The fraction of sp³-hybridized carbons (Fsp3) is 0.250. The molecule has 1 amide bonds. The number of rotatable bonds is 9. The predicted molar refractivity (Wildman–Crippen MR) is 133 cm³/mol. The van der Waals surface area contributed by atoms with Gasteiger partial charge in [-0.2, -0.15) is 0 Å². The van der Waals surface area contributed by atoms with Gasteiger partial charge >= 0.3 is 0 Å². The van der Waals surface area contributed by atoms with Crippen molar-refractivity contribution in [3.63, 3.8) is 0 Å². The molecule has 1 aliphatic rings. The molecule has 0 radical (unpaired) electrons. The van der Waals surface area contributed by atoms with Crippen molar-refractivity contribution in [2.75, 3.05) is 18.0 Å². The number of carbonyl (C=O) groups excluding carboxylic acids is 1. The molecule has 0 unspecified atom stereocenters. The van der Waals surface area contributed by atoms with Crippen LogP contribution in [-0.4, -0.2) is 35.0 Å². The van der Waals surface area contributed by atoms with Gasteiger partial charge in [0.1, 0.15) is 11.6 Å². The topological polar surface area (TPSA) is 58.1 Å². The van der Waals surface area contributed by atoms with Crippen molar-refractivity contribution in [1.29, 1.82) is 0 Å². The molecular formula is C28H27FN4O. The molecule has 1 saturated carbocycles. The van der Waals surface area contributed by atoms with Crippen LogP contribution in [0.1, 0.15) is 24.8 Å². The lowest BCUT2D eigenvalue weighted by Gasteiger charge is -2.25. The molecule has 6 heteroatoms. The van der Waals surface area contributed by atoms with E-state index in [2.05, 4.69) is 22.3 Å². The van der Waals surface area contributed by atoms with Gasteiger partial charge < -0.3 is 10.2 Å². The average Bonchev–Trinajstić information content (AvgIpc) is 3.68. The van der Waals surface area contributed by atoms with E-state index in [1.807, 2.05) is 42.5 Å². The third-order valence-electron chi connectivity index (χ3n) is 6.05. The summed E-state index contributed by atoms with van der Waals surface area (Å²) in [5, 5.41) is 4.01. The molecule has 4 aromatic rings. The van der Waals surface area contributed by atoms with Crippen LogP contribution in [0.2, 0.25) is 0 Å².